The number of morpholine rings is 1. The Morgan fingerprint density at radius 2 is 2.19 bits per heavy atom. The van der Waals surface area contributed by atoms with Crippen LogP contribution in [0.3, 0.4) is 0 Å². The maximum Gasteiger partial charge on any atom is 0.253 e. The molecule has 0 radical (unpaired) electrons. The van der Waals surface area contributed by atoms with E-state index in [1.807, 2.05) is 0 Å². The molecule has 1 saturated heterocycles. The van der Waals surface area contributed by atoms with E-state index in [0.717, 1.165) is 31.8 Å². The minimum Gasteiger partial charge on any atom is -0.398 e. The van der Waals surface area contributed by atoms with Gasteiger partial charge < -0.3 is 15.8 Å². The summed E-state index contributed by atoms with van der Waals surface area (Å²) in [5.41, 5.74) is 5.37. The first-order valence-electron chi connectivity index (χ1n) is 6.88. The van der Waals surface area contributed by atoms with Gasteiger partial charge >= 0.3 is 0 Å². The van der Waals surface area contributed by atoms with E-state index in [1.165, 1.54) is 0 Å². The molecule has 1 unspecified atom stereocenters. The Labute approximate surface area is 122 Å². The van der Waals surface area contributed by atoms with Gasteiger partial charge in [-0.3, -0.25) is 9.69 Å². The van der Waals surface area contributed by atoms with Gasteiger partial charge in [-0.15, -0.1) is 0 Å². The molecule has 5 nitrogen and oxygen atoms in total. The highest BCUT2D eigenvalue weighted by atomic mass is 19.2. The van der Waals surface area contributed by atoms with Crippen LogP contribution in [0.5, 0.6) is 0 Å². The van der Waals surface area contributed by atoms with Gasteiger partial charge in [0.2, 0.25) is 0 Å². The highest BCUT2D eigenvalue weighted by molar-refractivity contribution is 5.99. The lowest BCUT2D eigenvalue weighted by molar-refractivity contribution is -0.0246. The van der Waals surface area contributed by atoms with Gasteiger partial charge in [-0.2, -0.15) is 0 Å². The van der Waals surface area contributed by atoms with E-state index < -0.39 is 17.5 Å². The van der Waals surface area contributed by atoms with Crippen molar-refractivity contribution in [3.63, 3.8) is 0 Å². The summed E-state index contributed by atoms with van der Waals surface area (Å²) < 4.78 is 31.7. The van der Waals surface area contributed by atoms with Crippen molar-refractivity contribution in [2.75, 3.05) is 38.5 Å². The Hall–Kier alpha value is -1.73. The maximum absolute atomic E-state index is 13.2. The number of carbonyl (C=O) groups is 1. The van der Waals surface area contributed by atoms with E-state index in [1.54, 1.807) is 0 Å². The molecule has 0 aliphatic carbocycles. The Morgan fingerprint density at radius 1 is 1.48 bits per heavy atom. The van der Waals surface area contributed by atoms with Gasteiger partial charge in [0.1, 0.15) is 0 Å². The summed E-state index contributed by atoms with van der Waals surface area (Å²) in [4.78, 5) is 14.2. The summed E-state index contributed by atoms with van der Waals surface area (Å²) in [7, 11) is 0. The van der Waals surface area contributed by atoms with Crippen LogP contribution in [0.15, 0.2) is 12.1 Å². The number of benzene rings is 1. The Balaban J connectivity index is 1.94. The third-order valence-electron chi connectivity index (χ3n) is 3.50. The molecule has 1 amide bonds. The lowest BCUT2D eigenvalue weighted by Gasteiger charge is -2.32. The monoisotopic (exact) mass is 299 g/mol. The molecule has 1 aliphatic rings. The zero-order valence-corrected chi connectivity index (χ0v) is 11.9. The van der Waals surface area contributed by atoms with Gasteiger partial charge in [0.05, 0.1) is 18.3 Å². The van der Waals surface area contributed by atoms with Gasteiger partial charge in [-0.1, -0.05) is 6.92 Å². The Morgan fingerprint density at radius 3 is 2.90 bits per heavy atom. The number of nitrogens with one attached hydrogen (secondary N) is 1. The summed E-state index contributed by atoms with van der Waals surface area (Å²) in [6, 6.07) is 1.61. The molecular weight excluding hydrogens is 280 g/mol. The topological polar surface area (TPSA) is 67.6 Å². The van der Waals surface area contributed by atoms with Gasteiger partial charge in [0, 0.05) is 31.4 Å². The van der Waals surface area contributed by atoms with Gasteiger partial charge in [-0.05, 0) is 12.6 Å². The van der Waals surface area contributed by atoms with E-state index in [0.29, 0.717) is 13.2 Å². The molecule has 2 rings (SSSR count). The molecule has 0 aromatic heterocycles. The smallest absolute Gasteiger partial charge is 0.253 e. The van der Waals surface area contributed by atoms with Crippen LogP contribution >= 0.6 is 0 Å². The van der Waals surface area contributed by atoms with E-state index in [9.17, 15) is 13.6 Å². The summed E-state index contributed by atoms with van der Waals surface area (Å²) in [5, 5.41) is 2.64. The predicted molar refractivity (Wildman–Crippen MR) is 75.0 cm³/mol. The normalized spacial score (nSPS) is 19.5. The zero-order chi connectivity index (χ0) is 15.4. The first-order valence-corrected chi connectivity index (χ1v) is 6.88. The third-order valence-corrected chi connectivity index (χ3v) is 3.50. The number of hydrogen-bond acceptors (Lipinski definition) is 4. The number of amides is 1. The standard InChI is InChI=1S/C14H19F2N3O2/c1-2-19-3-4-21-9(8-19)7-18-14(20)10-5-11(15)12(16)6-13(10)17/h5-6,9H,2-4,7-8,17H2,1H3,(H,18,20). The summed E-state index contributed by atoms with van der Waals surface area (Å²) in [5.74, 6) is -2.71. The van der Waals surface area contributed by atoms with Crippen LogP contribution in [-0.2, 0) is 4.74 Å². The van der Waals surface area contributed by atoms with Crippen LogP contribution in [0.1, 0.15) is 17.3 Å². The van der Waals surface area contributed by atoms with Crippen LogP contribution in [0, 0.1) is 11.6 Å². The number of halogens is 2. The number of anilines is 1. The van der Waals surface area contributed by atoms with Crippen molar-refractivity contribution >= 4 is 11.6 Å². The number of nitrogens with zero attached hydrogens (tertiary/aromatic N) is 1. The minimum absolute atomic E-state index is 0.0722. The lowest BCUT2D eigenvalue weighted by Crippen LogP contribution is -2.47. The minimum atomic E-state index is -1.10. The molecule has 1 aliphatic heterocycles. The highest BCUT2D eigenvalue weighted by Gasteiger charge is 2.21. The van der Waals surface area contributed by atoms with Crippen molar-refractivity contribution in [2.24, 2.45) is 0 Å². The van der Waals surface area contributed by atoms with Gasteiger partial charge in [0.15, 0.2) is 11.6 Å². The van der Waals surface area contributed by atoms with Crippen molar-refractivity contribution in [1.82, 2.24) is 10.2 Å². The highest BCUT2D eigenvalue weighted by Crippen LogP contribution is 2.17. The summed E-state index contributed by atoms with van der Waals surface area (Å²) in [6.45, 7) is 5.49. The van der Waals surface area contributed by atoms with Crippen LogP contribution in [0.2, 0.25) is 0 Å². The van der Waals surface area contributed by atoms with Crippen molar-refractivity contribution in [1.29, 1.82) is 0 Å². The number of nitrogens with two attached hydrogens (primary N) is 1. The van der Waals surface area contributed by atoms with E-state index in [4.69, 9.17) is 10.5 Å². The second-order valence-corrected chi connectivity index (χ2v) is 4.95. The fourth-order valence-electron chi connectivity index (χ4n) is 2.25. The predicted octanol–water partition coefficient (Wildman–Crippen LogP) is 0.997. The molecule has 1 fully saturated rings. The van der Waals surface area contributed by atoms with E-state index >= 15 is 0 Å². The molecule has 1 aromatic rings. The summed E-state index contributed by atoms with van der Waals surface area (Å²) in [6.07, 6.45) is -0.117. The fourth-order valence-corrected chi connectivity index (χ4v) is 2.25. The molecule has 21 heavy (non-hydrogen) atoms. The van der Waals surface area contributed by atoms with Gasteiger partial charge in [0.25, 0.3) is 5.91 Å². The first-order chi connectivity index (χ1) is 10.0. The molecule has 0 spiro atoms. The van der Waals surface area contributed by atoms with Crippen LogP contribution in [-0.4, -0.2) is 49.7 Å². The molecular formula is C14H19F2N3O2. The second kappa shape index (κ2) is 6.82. The summed E-state index contributed by atoms with van der Waals surface area (Å²) >= 11 is 0. The number of likely N-dealkylation sites (N-methyl/N-ethyl adjacent to an activating group) is 1. The average molecular weight is 299 g/mol. The maximum atomic E-state index is 13.2. The Bertz CT molecular complexity index is 525. The molecule has 1 atom stereocenters. The van der Waals surface area contributed by atoms with Crippen LogP contribution in [0.25, 0.3) is 0 Å². The zero-order valence-electron chi connectivity index (χ0n) is 11.9. The number of ether oxygens (including phenoxy) is 1. The van der Waals surface area contributed by atoms with Crippen molar-refractivity contribution in [2.45, 2.75) is 13.0 Å². The van der Waals surface area contributed by atoms with Crippen LogP contribution < -0.4 is 11.1 Å². The molecule has 3 N–H and O–H groups in total. The number of nitrogen functional groups attached to an aromatic ring is 1. The van der Waals surface area contributed by atoms with E-state index in [-0.39, 0.29) is 17.4 Å². The quantitative estimate of drug-likeness (QED) is 0.814. The molecule has 1 aromatic carbocycles. The molecule has 0 bridgehead atoms. The van der Waals surface area contributed by atoms with Crippen molar-refractivity contribution in [3.05, 3.63) is 29.3 Å². The van der Waals surface area contributed by atoms with Crippen molar-refractivity contribution < 1.29 is 18.3 Å². The molecule has 7 heteroatoms. The van der Waals surface area contributed by atoms with E-state index in [2.05, 4.69) is 17.1 Å². The average Bonchev–Trinajstić information content (AvgIpc) is 2.48. The lowest BCUT2D eigenvalue weighted by atomic mass is 10.1. The molecule has 0 saturated carbocycles. The number of rotatable bonds is 4. The molecule has 1 heterocycles. The molecule has 116 valence electrons. The van der Waals surface area contributed by atoms with Crippen molar-refractivity contribution in [3.8, 4) is 0 Å². The number of carbonyl (C=O) groups excluding carboxylic acids is 1. The van der Waals surface area contributed by atoms with Crippen LogP contribution in [0.4, 0.5) is 14.5 Å². The largest absolute Gasteiger partial charge is 0.398 e. The Kier molecular flexibility index (Phi) is 5.08. The van der Waals surface area contributed by atoms with Gasteiger partial charge in [-0.25, -0.2) is 8.78 Å². The fraction of sp³-hybridized carbons (Fsp3) is 0.500. The first kappa shape index (κ1) is 15.7. The SMILES string of the molecule is CCN1CCOC(CNC(=O)c2cc(F)c(F)cc2N)C1. The third kappa shape index (κ3) is 3.89. The second-order valence-electron chi connectivity index (χ2n) is 4.95. The number of hydrogen-bond donors (Lipinski definition) is 2.